The molecule has 0 radical (unpaired) electrons. The van der Waals surface area contributed by atoms with Gasteiger partial charge in [-0.25, -0.2) is 0 Å². The molecule has 7 heteroatoms. The molecule has 0 aliphatic rings. The molecule has 0 aromatic heterocycles. The number of hydrogen-bond acceptors (Lipinski definition) is 6. The van der Waals surface area contributed by atoms with E-state index in [-0.39, 0.29) is 16.7 Å². The lowest BCUT2D eigenvalue weighted by Crippen LogP contribution is -2.25. The van der Waals surface area contributed by atoms with E-state index in [4.69, 9.17) is 4.74 Å². The SMILES string of the molecule is CCCCCCCCCCCCC(C#N)(CCCC(CCc1cccc([N+](=O)[O-])c1)N=NC)c1cccc(OC)c1. The normalized spacial score (nSPS) is 13.5. The van der Waals surface area contributed by atoms with E-state index in [1.165, 1.54) is 57.4 Å². The van der Waals surface area contributed by atoms with Crippen molar-refractivity contribution >= 4 is 5.69 Å². The van der Waals surface area contributed by atoms with Crippen LogP contribution < -0.4 is 4.74 Å². The molecule has 224 valence electrons. The minimum Gasteiger partial charge on any atom is -0.497 e. The maximum Gasteiger partial charge on any atom is 0.269 e. The smallest absolute Gasteiger partial charge is 0.269 e. The Morgan fingerprint density at radius 1 is 0.927 bits per heavy atom. The topological polar surface area (TPSA) is 101 Å². The summed E-state index contributed by atoms with van der Waals surface area (Å²) in [5.74, 6) is 0.778. The highest BCUT2D eigenvalue weighted by atomic mass is 16.6. The number of unbranched alkanes of at least 4 members (excludes halogenated alkanes) is 9. The fourth-order valence-corrected chi connectivity index (χ4v) is 5.65. The Morgan fingerprint density at radius 3 is 2.22 bits per heavy atom. The summed E-state index contributed by atoms with van der Waals surface area (Å²) in [4.78, 5) is 10.8. The van der Waals surface area contributed by atoms with Crippen LogP contribution in [0.25, 0.3) is 0 Å². The lowest BCUT2D eigenvalue weighted by molar-refractivity contribution is -0.384. The summed E-state index contributed by atoms with van der Waals surface area (Å²) in [6.07, 6.45) is 17.4. The first-order valence-electron chi connectivity index (χ1n) is 15.6. The molecule has 0 fully saturated rings. The van der Waals surface area contributed by atoms with Crippen molar-refractivity contribution in [2.75, 3.05) is 14.2 Å². The van der Waals surface area contributed by atoms with E-state index in [1.807, 2.05) is 24.3 Å². The average molecular weight is 563 g/mol. The molecule has 0 amide bonds. The summed E-state index contributed by atoms with van der Waals surface area (Å²) in [6.45, 7) is 2.25. The molecule has 0 spiro atoms. The van der Waals surface area contributed by atoms with Crippen LogP contribution in [0.15, 0.2) is 58.8 Å². The lowest BCUT2D eigenvalue weighted by atomic mass is 9.73. The summed E-state index contributed by atoms with van der Waals surface area (Å²) >= 11 is 0. The number of ether oxygens (including phenoxy) is 1. The molecule has 0 heterocycles. The van der Waals surface area contributed by atoms with Gasteiger partial charge in [-0.2, -0.15) is 15.5 Å². The molecular formula is C34H50N4O3. The number of rotatable bonds is 22. The molecule has 0 saturated carbocycles. The zero-order valence-electron chi connectivity index (χ0n) is 25.5. The first kappa shape index (κ1) is 33.9. The van der Waals surface area contributed by atoms with Crippen molar-refractivity contribution in [3.05, 3.63) is 69.8 Å². The van der Waals surface area contributed by atoms with E-state index in [2.05, 4.69) is 29.3 Å². The largest absolute Gasteiger partial charge is 0.497 e. The van der Waals surface area contributed by atoms with Gasteiger partial charge in [0, 0.05) is 19.2 Å². The second-order valence-electron chi connectivity index (χ2n) is 11.2. The monoisotopic (exact) mass is 562 g/mol. The van der Waals surface area contributed by atoms with Gasteiger partial charge in [0.15, 0.2) is 0 Å². The Morgan fingerprint density at radius 2 is 1.59 bits per heavy atom. The van der Waals surface area contributed by atoms with Crippen LogP contribution in [0.1, 0.15) is 114 Å². The molecule has 0 aliphatic carbocycles. The van der Waals surface area contributed by atoms with E-state index in [9.17, 15) is 15.4 Å². The van der Waals surface area contributed by atoms with Crippen LogP contribution in [0.3, 0.4) is 0 Å². The van der Waals surface area contributed by atoms with Crippen molar-refractivity contribution in [3.8, 4) is 11.8 Å². The highest BCUT2D eigenvalue weighted by Crippen LogP contribution is 2.37. The number of methoxy groups -OCH3 is 1. The number of nitro benzene ring substituents is 1. The Hall–Kier alpha value is -3.27. The van der Waals surface area contributed by atoms with Gasteiger partial charge >= 0.3 is 0 Å². The molecular weight excluding hydrogens is 512 g/mol. The molecule has 2 unspecified atom stereocenters. The van der Waals surface area contributed by atoms with Crippen molar-refractivity contribution in [1.82, 2.24) is 0 Å². The second kappa shape index (κ2) is 19.7. The highest BCUT2D eigenvalue weighted by Gasteiger charge is 2.32. The maximum atomic E-state index is 11.1. The lowest BCUT2D eigenvalue weighted by Gasteiger charge is -2.28. The van der Waals surface area contributed by atoms with Crippen molar-refractivity contribution in [1.29, 1.82) is 5.26 Å². The standard InChI is InChI=1S/C34H50N4O3/c1-4-5-6-7-8-9-10-11-12-13-24-34(28-35,30-18-15-21-33(27-30)41-3)25-16-19-31(37-36-2)23-22-29-17-14-20-32(26-29)38(39)40/h14-15,17-18,20-21,26-27,31H,4-13,16,19,22-25H2,1-3H3. The molecule has 41 heavy (non-hydrogen) atoms. The van der Waals surface area contributed by atoms with Gasteiger partial charge in [-0.3, -0.25) is 10.1 Å². The molecule has 0 aliphatic heterocycles. The Labute approximate surface area is 247 Å². The summed E-state index contributed by atoms with van der Waals surface area (Å²) in [5, 5.41) is 30.2. The summed E-state index contributed by atoms with van der Waals surface area (Å²) in [6, 6.07) is 17.5. The minimum atomic E-state index is -0.567. The van der Waals surface area contributed by atoms with E-state index < -0.39 is 5.41 Å². The summed E-state index contributed by atoms with van der Waals surface area (Å²) in [5.41, 5.74) is 1.50. The zero-order chi connectivity index (χ0) is 29.8. The van der Waals surface area contributed by atoms with E-state index in [0.29, 0.717) is 6.42 Å². The Kier molecular flexibility index (Phi) is 16.3. The number of benzene rings is 2. The number of non-ortho nitro benzene ring substituents is 1. The number of nitriles is 1. The van der Waals surface area contributed by atoms with E-state index in [1.54, 1.807) is 26.3 Å². The molecule has 2 rings (SSSR count). The Bertz CT molecular complexity index is 1100. The number of nitrogens with zero attached hydrogens (tertiary/aromatic N) is 4. The van der Waals surface area contributed by atoms with Crippen molar-refractivity contribution in [2.45, 2.75) is 121 Å². The van der Waals surface area contributed by atoms with E-state index in [0.717, 1.165) is 61.8 Å². The van der Waals surface area contributed by atoms with Crippen LogP contribution in [0.5, 0.6) is 5.75 Å². The summed E-state index contributed by atoms with van der Waals surface area (Å²) < 4.78 is 5.49. The third kappa shape index (κ3) is 12.4. The van der Waals surface area contributed by atoms with Crippen molar-refractivity contribution in [3.63, 3.8) is 0 Å². The quantitative estimate of drug-likeness (QED) is 0.0616. The Balaban J connectivity index is 1.97. The molecule has 0 N–H and O–H groups in total. The second-order valence-corrected chi connectivity index (χ2v) is 11.2. The highest BCUT2D eigenvalue weighted by molar-refractivity contribution is 5.38. The third-order valence-corrected chi connectivity index (χ3v) is 8.10. The predicted octanol–water partition coefficient (Wildman–Crippen LogP) is 9.93. The molecule has 0 bridgehead atoms. The molecule has 2 aromatic carbocycles. The van der Waals surface area contributed by atoms with Gasteiger partial charge in [0.2, 0.25) is 0 Å². The van der Waals surface area contributed by atoms with Crippen LogP contribution in [0.2, 0.25) is 0 Å². The third-order valence-electron chi connectivity index (χ3n) is 8.10. The summed E-state index contributed by atoms with van der Waals surface area (Å²) in [7, 11) is 3.35. The maximum absolute atomic E-state index is 11.1. The number of aryl methyl sites for hydroxylation is 1. The van der Waals surface area contributed by atoms with Gasteiger partial charge in [0.1, 0.15) is 5.75 Å². The number of nitro groups is 1. The van der Waals surface area contributed by atoms with Gasteiger partial charge in [0.25, 0.3) is 5.69 Å². The fourth-order valence-electron chi connectivity index (χ4n) is 5.65. The molecule has 2 aromatic rings. The van der Waals surface area contributed by atoms with Gasteiger partial charge in [-0.15, -0.1) is 0 Å². The van der Waals surface area contributed by atoms with Crippen LogP contribution in [0.4, 0.5) is 5.69 Å². The average Bonchev–Trinajstić information content (AvgIpc) is 3.00. The van der Waals surface area contributed by atoms with Crippen molar-refractivity contribution < 1.29 is 9.66 Å². The number of azo groups is 1. The van der Waals surface area contributed by atoms with Gasteiger partial charge < -0.3 is 4.74 Å². The van der Waals surface area contributed by atoms with Gasteiger partial charge in [-0.05, 0) is 61.8 Å². The van der Waals surface area contributed by atoms with Gasteiger partial charge in [-0.1, -0.05) is 95.4 Å². The van der Waals surface area contributed by atoms with E-state index >= 15 is 0 Å². The zero-order valence-corrected chi connectivity index (χ0v) is 25.5. The first-order chi connectivity index (χ1) is 20.0. The van der Waals surface area contributed by atoms with Crippen LogP contribution in [-0.2, 0) is 11.8 Å². The van der Waals surface area contributed by atoms with Crippen LogP contribution in [-0.4, -0.2) is 25.1 Å². The molecule has 7 nitrogen and oxygen atoms in total. The first-order valence-corrected chi connectivity index (χ1v) is 15.6. The van der Waals surface area contributed by atoms with Gasteiger partial charge in [0.05, 0.1) is 29.6 Å². The fraction of sp³-hybridized carbons (Fsp3) is 0.618. The number of hydrogen-bond donors (Lipinski definition) is 0. The predicted molar refractivity (Wildman–Crippen MR) is 167 cm³/mol. The molecule has 2 atom stereocenters. The molecule has 0 saturated heterocycles. The van der Waals surface area contributed by atoms with Crippen LogP contribution >= 0.6 is 0 Å². The van der Waals surface area contributed by atoms with Crippen LogP contribution in [0, 0.1) is 21.4 Å². The minimum absolute atomic E-state index is 0.0123. The van der Waals surface area contributed by atoms with Crippen molar-refractivity contribution in [2.24, 2.45) is 10.2 Å².